The summed E-state index contributed by atoms with van der Waals surface area (Å²) < 4.78 is 7.45. The van der Waals surface area contributed by atoms with E-state index in [-0.39, 0.29) is 12.2 Å². The van der Waals surface area contributed by atoms with Gasteiger partial charge < -0.3 is 4.74 Å². The van der Waals surface area contributed by atoms with Gasteiger partial charge in [0.05, 0.1) is 30.3 Å². The summed E-state index contributed by atoms with van der Waals surface area (Å²) in [7, 11) is 1.86. The maximum Gasteiger partial charge on any atom is 0.162 e. The number of hydrogen-bond donors (Lipinski definition) is 0. The second-order valence-corrected chi connectivity index (χ2v) is 5.75. The molecule has 2 aromatic rings. The highest BCUT2D eigenvalue weighted by Gasteiger charge is 2.23. The molecule has 1 aliphatic rings. The van der Waals surface area contributed by atoms with Crippen LogP contribution < -0.4 is 0 Å². The number of morpholine rings is 1. The van der Waals surface area contributed by atoms with Crippen LogP contribution in [0.15, 0.2) is 6.20 Å². The van der Waals surface area contributed by atoms with Crippen LogP contribution in [0.25, 0.3) is 11.0 Å². The van der Waals surface area contributed by atoms with Gasteiger partial charge in [-0.3, -0.25) is 9.58 Å². The van der Waals surface area contributed by atoms with Gasteiger partial charge in [0.25, 0.3) is 0 Å². The monoisotopic (exact) mass is 295 g/mol. The Morgan fingerprint density at radius 3 is 2.70 bits per heavy atom. The summed E-state index contributed by atoms with van der Waals surface area (Å²) in [4.78, 5) is 11.2. The molecule has 2 atom stereocenters. The standard InChI is InChI=1S/C13H18ClN5O/c1-8-5-19(6-9(2)20-8)7-11-16-12(14)10-4-15-18(3)13(10)17-11/h4,8-9H,5-7H2,1-3H3. The molecule has 20 heavy (non-hydrogen) atoms. The Kier molecular flexibility index (Phi) is 3.62. The molecule has 6 nitrogen and oxygen atoms in total. The zero-order valence-electron chi connectivity index (χ0n) is 11.9. The van der Waals surface area contributed by atoms with Crippen molar-refractivity contribution in [2.24, 2.45) is 7.05 Å². The van der Waals surface area contributed by atoms with E-state index in [1.54, 1.807) is 10.9 Å². The second kappa shape index (κ2) is 5.27. The van der Waals surface area contributed by atoms with Gasteiger partial charge in [-0.1, -0.05) is 11.6 Å². The number of aryl methyl sites for hydroxylation is 1. The van der Waals surface area contributed by atoms with Crippen LogP contribution in [0.1, 0.15) is 19.7 Å². The minimum Gasteiger partial charge on any atom is -0.373 e. The molecule has 0 bridgehead atoms. The van der Waals surface area contributed by atoms with Crippen molar-refractivity contribution in [1.29, 1.82) is 0 Å². The number of ether oxygens (including phenoxy) is 1. The van der Waals surface area contributed by atoms with Gasteiger partial charge in [-0.25, -0.2) is 9.97 Å². The minimum absolute atomic E-state index is 0.231. The lowest BCUT2D eigenvalue weighted by Crippen LogP contribution is -2.45. The number of aromatic nitrogens is 4. The molecular formula is C13H18ClN5O. The van der Waals surface area contributed by atoms with Crippen LogP contribution in [0.2, 0.25) is 5.15 Å². The summed E-state index contributed by atoms with van der Waals surface area (Å²) in [5.41, 5.74) is 0.773. The van der Waals surface area contributed by atoms with Gasteiger partial charge in [0, 0.05) is 20.1 Å². The quantitative estimate of drug-likeness (QED) is 0.788. The fourth-order valence-corrected chi connectivity index (χ4v) is 2.95. The number of nitrogens with zero attached hydrogens (tertiary/aromatic N) is 5. The molecule has 0 amide bonds. The number of rotatable bonds is 2. The average molecular weight is 296 g/mol. The number of halogens is 1. The van der Waals surface area contributed by atoms with Crippen LogP contribution in [0, 0.1) is 0 Å². The van der Waals surface area contributed by atoms with Crippen LogP contribution in [-0.4, -0.2) is 49.9 Å². The molecular weight excluding hydrogens is 278 g/mol. The van der Waals surface area contributed by atoms with Crippen molar-refractivity contribution in [3.63, 3.8) is 0 Å². The maximum atomic E-state index is 6.20. The predicted molar refractivity (Wildman–Crippen MR) is 76.6 cm³/mol. The van der Waals surface area contributed by atoms with Gasteiger partial charge in [-0.05, 0) is 13.8 Å². The molecule has 0 aliphatic carbocycles. The van der Waals surface area contributed by atoms with E-state index in [4.69, 9.17) is 16.3 Å². The molecule has 0 saturated carbocycles. The molecule has 2 aromatic heterocycles. The summed E-state index contributed by atoms with van der Waals surface area (Å²) in [5, 5.41) is 5.42. The summed E-state index contributed by atoms with van der Waals surface area (Å²) in [6.07, 6.45) is 2.16. The third kappa shape index (κ3) is 2.63. The van der Waals surface area contributed by atoms with Gasteiger partial charge in [0.1, 0.15) is 11.0 Å². The Morgan fingerprint density at radius 2 is 2.00 bits per heavy atom. The van der Waals surface area contributed by atoms with Gasteiger partial charge in [0.2, 0.25) is 0 Å². The molecule has 2 unspecified atom stereocenters. The van der Waals surface area contributed by atoms with Gasteiger partial charge in [0.15, 0.2) is 5.65 Å². The van der Waals surface area contributed by atoms with E-state index >= 15 is 0 Å². The first-order valence-electron chi connectivity index (χ1n) is 6.75. The zero-order valence-corrected chi connectivity index (χ0v) is 12.6. The Balaban J connectivity index is 1.85. The summed E-state index contributed by atoms with van der Waals surface area (Å²) >= 11 is 6.20. The Bertz CT molecular complexity index is 618. The average Bonchev–Trinajstić information content (AvgIpc) is 2.70. The molecule has 1 aliphatic heterocycles. The molecule has 1 saturated heterocycles. The highest BCUT2D eigenvalue weighted by atomic mass is 35.5. The summed E-state index contributed by atoms with van der Waals surface area (Å²) in [6, 6.07) is 0. The van der Waals surface area contributed by atoms with E-state index in [0.29, 0.717) is 11.7 Å². The largest absolute Gasteiger partial charge is 0.373 e. The molecule has 0 aromatic carbocycles. The zero-order chi connectivity index (χ0) is 14.3. The normalized spacial score (nSPS) is 24.4. The fourth-order valence-electron chi connectivity index (χ4n) is 2.71. The van der Waals surface area contributed by atoms with Crippen molar-refractivity contribution in [2.45, 2.75) is 32.6 Å². The molecule has 7 heteroatoms. The molecule has 0 N–H and O–H groups in total. The second-order valence-electron chi connectivity index (χ2n) is 5.39. The molecule has 0 radical (unpaired) electrons. The lowest BCUT2D eigenvalue weighted by molar-refractivity contribution is -0.0710. The van der Waals surface area contributed by atoms with Gasteiger partial charge in [-0.2, -0.15) is 5.10 Å². The van der Waals surface area contributed by atoms with Gasteiger partial charge in [-0.15, -0.1) is 0 Å². The first-order chi connectivity index (χ1) is 9.52. The SMILES string of the molecule is CC1CN(Cc2nc(Cl)c3cnn(C)c3n2)CC(C)O1. The third-order valence-corrected chi connectivity index (χ3v) is 3.74. The highest BCUT2D eigenvalue weighted by Crippen LogP contribution is 2.20. The highest BCUT2D eigenvalue weighted by molar-refractivity contribution is 6.33. The Labute approximate surface area is 122 Å². The van der Waals surface area contributed by atoms with Crippen LogP contribution in [0.3, 0.4) is 0 Å². The predicted octanol–water partition coefficient (Wildman–Crippen LogP) is 1.63. The maximum absolute atomic E-state index is 6.20. The van der Waals surface area contributed by atoms with Crippen LogP contribution in [0.5, 0.6) is 0 Å². The smallest absolute Gasteiger partial charge is 0.162 e. The number of hydrogen-bond acceptors (Lipinski definition) is 5. The van der Waals surface area contributed by atoms with Gasteiger partial charge >= 0.3 is 0 Å². The van der Waals surface area contributed by atoms with Crippen molar-refractivity contribution >= 4 is 22.6 Å². The molecule has 0 spiro atoms. The number of fused-ring (bicyclic) bond motifs is 1. The summed E-state index contributed by atoms with van der Waals surface area (Å²) in [5.74, 6) is 0.729. The molecule has 1 fully saturated rings. The van der Waals surface area contributed by atoms with Crippen molar-refractivity contribution < 1.29 is 4.74 Å². The summed E-state index contributed by atoms with van der Waals surface area (Å²) in [6.45, 7) is 6.62. The van der Waals surface area contributed by atoms with E-state index in [0.717, 1.165) is 29.9 Å². The first-order valence-corrected chi connectivity index (χ1v) is 7.12. The van der Waals surface area contributed by atoms with E-state index in [9.17, 15) is 0 Å². The molecule has 3 heterocycles. The van der Waals surface area contributed by atoms with Crippen molar-refractivity contribution in [2.75, 3.05) is 13.1 Å². The minimum atomic E-state index is 0.231. The van der Waals surface area contributed by atoms with Crippen LogP contribution in [0.4, 0.5) is 0 Å². The third-order valence-electron chi connectivity index (χ3n) is 3.45. The first kappa shape index (κ1) is 13.7. The van der Waals surface area contributed by atoms with E-state index in [2.05, 4.69) is 33.8 Å². The Hall–Kier alpha value is -1.24. The van der Waals surface area contributed by atoms with E-state index in [1.807, 2.05) is 7.05 Å². The lowest BCUT2D eigenvalue weighted by Gasteiger charge is -2.34. The lowest BCUT2D eigenvalue weighted by atomic mass is 10.2. The molecule has 3 rings (SSSR count). The van der Waals surface area contributed by atoms with E-state index in [1.165, 1.54) is 0 Å². The Morgan fingerprint density at radius 1 is 1.30 bits per heavy atom. The van der Waals surface area contributed by atoms with Crippen molar-refractivity contribution in [3.8, 4) is 0 Å². The van der Waals surface area contributed by atoms with Crippen LogP contribution in [-0.2, 0) is 18.3 Å². The van der Waals surface area contributed by atoms with Crippen LogP contribution >= 0.6 is 11.6 Å². The molecule has 108 valence electrons. The fraction of sp³-hybridized carbons (Fsp3) is 0.615. The topological polar surface area (TPSA) is 56.1 Å². The van der Waals surface area contributed by atoms with Crippen molar-refractivity contribution in [1.82, 2.24) is 24.6 Å². The van der Waals surface area contributed by atoms with E-state index < -0.39 is 0 Å². The van der Waals surface area contributed by atoms with Crippen molar-refractivity contribution in [3.05, 3.63) is 17.2 Å².